The first-order chi connectivity index (χ1) is 9.35. The highest BCUT2D eigenvalue weighted by atomic mass is 14.9. The van der Waals surface area contributed by atoms with Crippen molar-refractivity contribution < 1.29 is 0 Å². The van der Waals surface area contributed by atoms with Crippen LogP contribution in [0.4, 0.5) is 0 Å². The average molecular weight is 270 g/mol. The molecule has 0 aromatic rings. The highest BCUT2D eigenvalue weighted by molar-refractivity contribution is 4.64. The van der Waals surface area contributed by atoms with Gasteiger partial charge in [0.2, 0.25) is 0 Å². The van der Waals surface area contributed by atoms with Gasteiger partial charge in [0.15, 0.2) is 0 Å². The van der Waals surface area contributed by atoms with Gasteiger partial charge in [-0.15, -0.1) is 0 Å². The molecule has 0 atom stereocenters. The van der Waals surface area contributed by atoms with E-state index in [2.05, 4.69) is 26.2 Å². The zero-order chi connectivity index (χ0) is 14.2. The largest absolute Gasteiger partial charge is 0.317 e. The molecule has 0 aliphatic heterocycles. The van der Waals surface area contributed by atoms with Gasteiger partial charge >= 0.3 is 0 Å². The molecule has 1 nitrogen and oxygen atoms in total. The fourth-order valence-corrected chi connectivity index (χ4v) is 2.78. The number of nitrogens with one attached hydrogen (secondary N) is 1. The van der Waals surface area contributed by atoms with Crippen LogP contribution in [0.25, 0.3) is 0 Å². The summed E-state index contributed by atoms with van der Waals surface area (Å²) < 4.78 is 0. The molecule has 0 aliphatic carbocycles. The molecule has 19 heavy (non-hydrogen) atoms. The average Bonchev–Trinajstić information content (AvgIpc) is 2.44. The van der Waals surface area contributed by atoms with E-state index in [9.17, 15) is 0 Å². The Kier molecular flexibility index (Phi) is 16.0. The predicted octanol–water partition coefficient (Wildman–Crippen LogP) is 6.08. The molecule has 1 N–H and O–H groups in total. The maximum Gasteiger partial charge on any atom is 0.00640 e. The Morgan fingerprint density at radius 1 is 0.579 bits per heavy atom. The predicted molar refractivity (Wildman–Crippen MR) is 88.8 cm³/mol. The Morgan fingerprint density at radius 3 is 1.32 bits per heavy atom. The number of unbranched alkanes of at least 4 members (excludes halogenated alkanes) is 10. The van der Waals surface area contributed by atoms with Crippen LogP contribution in [0.3, 0.4) is 0 Å². The van der Waals surface area contributed by atoms with Gasteiger partial charge < -0.3 is 5.32 Å². The van der Waals surface area contributed by atoms with Gasteiger partial charge in [0.25, 0.3) is 0 Å². The van der Waals surface area contributed by atoms with Crippen LogP contribution in [-0.4, -0.2) is 13.1 Å². The van der Waals surface area contributed by atoms with Crippen LogP contribution in [0.2, 0.25) is 0 Å². The first-order valence-corrected chi connectivity index (χ1v) is 9.02. The van der Waals surface area contributed by atoms with E-state index in [4.69, 9.17) is 0 Å². The normalized spacial score (nSPS) is 11.4. The van der Waals surface area contributed by atoms with Crippen molar-refractivity contribution in [2.24, 2.45) is 0 Å². The molecule has 0 fully saturated rings. The maximum absolute atomic E-state index is 3.51. The molecular weight excluding hydrogens is 230 g/mol. The molecule has 0 bridgehead atoms. The first kappa shape index (κ1) is 19.0. The van der Waals surface area contributed by atoms with Crippen molar-refractivity contribution in [2.45, 2.75) is 110 Å². The van der Waals surface area contributed by atoms with Gasteiger partial charge in [0, 0.05) is 6.04 Å². The lowest BCUT2D eigenvalue weighted by Gasteiger charge is -2.15. The summed E-state index contributed by atoms with van der Waals surface area (Å²) in [5.41, 5.74) is 0. The van der Waals surface area contributed by atoms with E-state index >= 15 is 0 Å². The van der Waals surface area contributed by atoms with Crippen molar-refractivity contribution in [1.82, 2.24) is 5.32 Å². The third-order valence-electron chi connectivity index (χ3n) is 4.22. The molecule has 0 radical (unpaired) electrons. The summed E-state index contributed by atoms with van der Waals surface area (Å²) in [6.45, 7) is 4.58. The molecule has 0 saturated carbocycles. The number of hydrogen-bond donors (Lipinski definition) is 1. The fourth-order valence-electron chi connectivity index (χ4n) is 2.78. The molecule has 0 unspecified atom stereocenters. The van der Waals surface area contributed by atoms with Crippen molar-refractivity contribution in [3.05, 3.63) is 0 Å². The minimum Gasteiger partial charge on any atom is -0.317 e. The van der Waals surface area contributed by atoms with E-state index in [1.165, 1.54) is 89.9 Å². The topological polar surface area (TPSA) is 12.0 Å². The third kappa shape index (κ3) is 14.2. The second-order valence-electron chi connectivity index (χ2n) is 6.10. The lowest BCUT2D eigenvalue weighted by atomic mass is 10.0. The Hall–Kier alpha value is -0.0400. The first-order valence-electron chi connectivity index (χ1n) is 9.02. The second-order valence-corrected chi connectivity index (χ2v) is 6.10. The van der Waals surface area contributed by atoms with Crippen LogP contribution in [0.1, 0.15) is 104 Å². The third-order valence-corrected chi connectivity index (χ3v) is 4.22. The summed E-state index contributed by atoms with van der Waals surface area (Å²) in [5.74, 6) is 0. The summed E-state index contributed by atoms with van der Waals surface area (Å²) in [5, 5.41) is 3.51. The minimum atomic E-state index is 0.775. The number of hydrogen-bond acceptors (Lipinski definition) is 1. The zero-order valence-corrected chi connectivity index (χ0v) is 14.0. The van der Waals surface area contributed by atoms with Gasteiger partial charge in [-0.25, -0.2) is 0 Å². The molecule has 0 aromatic heterocycles. The molecular formula is C18H39N. The summed E-state index contributed by atoms with van der Waals surface area (Å²) in [4.78, 5) is 0. The van der Waals surface area contributed by atoms with Crippen LogP contribution in [0.15, 0.2) is 0 Å². The molecule has 1 heteroatoms. The van der Waals surface area contributed by atoms with E-state index in [0.717, 1.165) is 6.04 Å². The molecule has 0 amide bonds. The van der Waals surface area contributed by atoms with Crippen LogP contribution >= 0.6 is 0 Å². The van der Waals surface area contributed by atoms with E-state index < -0.39 is 0 Å². The lowest BCUT2D eigenvalue weighted by Crippen LogP contribution is -2.24. The highest BCUT2D eigenvalue weighted by Crippen LogP contribution is 2.13. The van der Waals surface area contributed by atoms with Crippen molar-refractivity contribution in [3.63, 3.8) is 0 Å². The molecule has 0 aliphatic rings. The Morgan fingerprint density at radius 2 is 0.947 bits per heavy atom. The standard InChI is InChI=1S/C18H39N/c1-4-6-8-10-12-14-16-18(19-3)17-15-13-11-9-7-5-2/h18-19H,4-17H2,1-3H3. The van der Waals surface area contributed by atoms with E-state index in [-0.39, 0.29) is 0 Å². The summed E-state index contributed by atoms with van der Waals surface area (Å²) >= 11 is 0. The highest BCUT2D eigenvalue weighted by Gasteiger charge is 2.05. The van der Waals surface area contributed by atoms with E-state index in [1.807, 2.05) is 0 Å². The van der Waals surface area contributed by atoms with Gasteiger partial charge in [0.1, 0.15) is 0 Å². The van der Waals surface area contributed by atoms with Gasteiger partial charge in [-0.05, 0) is 19.9 Å². The molecule has 0 saturated heterocycles. The summed E-state index contributed by atoms with van der Waals surface area (Å²) in [7, 11) is 2.14. The second kappa shape index (κ2) is 16.0. The van der Waals surface area contributed by atoms with Crippen molar-refractivity contribution in [1.29, 1.82) is 0 Å². The molecule has 0 rings (SSSR count). The van der Waals surface area contributed by atoms with Crippen LogP contribution in [0, 0.1) is 0 Å². The minimum absolute atomic E-state index is 0.775. The zero-order valence-electron chi connectivity index (χ0n) is 14.0. The smallest absolute Gasteiger partial charge is 0.00640 e. The molecule has 116 valence electrons. The Labute approximate surface area is 122 Å². The van der Waals surface area contributed by atoms with Crippen LogP contribution in [-0.2, 0) is 0 Å². The van der Waals surface area contributed by atoms with Gasteiger partial charge in [-0.3, -0.25) is 0 Å². The van der Waals surface area contributed by atoms with Gasteiger partial charge in [-0.1, -0.05) is 90.9 Å². The van der Waals surface area contributed by atoms with E-state index in [0.29, 0.717) is 0 Å². The fraction of sp³-hybridized carbons (Fsp3) is 1.00. The summed E-state index contributed by atoms with van der Waals surface area (Å²) in [6, 6.07) is 0.775. The monoisotopic (exact) mass is 269 g/mol. The molecule has 0 aromatic carbocycles. The maximum atomic E-state index is 3.51. The van der Waals surface area contributed by atoms with Crippen LogP contribution in [0.5, 0.6) is 0 Å². The Bertz CT molecular complexity index is 140. The van der Waals surface area contributed by atoms with E-state index in [1.54, 1.807) is 0 Å². The van der Waals surface area contributed by atoms with Crippen molar-refractivity contribution in [2.75, 3.05) is 7.05 Å². The summed E-state index contributed by atoms with van der Waals surface area (Å²) in [6.07, 6.45) is 19.8. The van der Waals surface area contributed by atoms with Crippen molar-refractivity contribution >= 4 is 0 Å². The quantitative estimate of drug-likeness (QED) is 0.355. The van der Waals surface area contributed by atoms with Gasteiger partial charge in [0.05, 0.1) is 0 Å². The molecule has 0 spiro atoms. The van der Waals surface area contributed by atoms with Crippen LogP contribution < -0.4 is 5.32 Å². The van der Waals surface area contributed by atoms with Crippen molar-refractivity contribution in [3.8, 4) is 0 Å². The Balaban J connectivity index is 3.30. The number of rotatable bonds is 15. The molecule has 0 heterocycles. The van der Waals surface area contributed by atoms with Gasteiger partial charge in [-0.2, -0.15) is 0 Å². The lowest BCUT2D eigenvalue weighted by molar-refractivity contribution is 0.436. The SMILES string of the molecule is CCCCCCCCC(CCCCCCCC)NC.